The standard InChI is InChI=1S/C15H22N6O3/c1-4-16-19-15-17-12(21-5-7-23-8-6-21)10-9-11(14(22)20(2)3)24-13(10)18-15/h4,9,14,22H,5-8H2,1-3H3,(H,17,18,19)/b16-4+. The van der Waals surface area contributed by atoms with Crippen LogP contribution in [0.15, 0.2) is 15.6 Å². The van der Waals surface area contributed by atoms with E-state index in [1.807, 2.05) is 0 Å². The lowest BCUT2D eigenvalue weighted by Crippen LogP contribution is -2.37. The number of hydrogen-bond acceptors (Lipinski definition) is 9. The van der Waals surface area contributed by atoms with Crippen LogP contribution in [0.2, 0.25) is 0 Å². The molecule has 3 heterocycles. The molecule has 3 rings (SSSR count). The molecule has 2 aromatic heterocycles. The SMILES string of the molecule is C/C=N/Nc1nc(N2CCOCC2)c2cc(C(O)N(C)C)oc2n1. The van der Waals surface area contributed by atoms with Gasteiger partial charge in [0.2, 0.25) is 11.7 Å². The Hall–Kier alpha value is -2.23. The van der Waals surface area contributed by atoms with Gasteiger partial charge in [0, 0.05) is 19.3 Å². The van der Waals surface area contributed by atoms with Crippen LogP contribution in [0.25, 0.3) is 11.1 Å². The predicted octanol–water partition coefficient (Wildman–Crippen LogP) is 1.03. The van der Waals surface area contributed by atoms with Crippen molar-refractivity contribution in [2.45, 2.75) is 13.2 Å². The number of ether oxygens (including phenoxy) is 1. The van der Waals surface area contributed by atoms with Gasteiger partial charge in [0.15, 0.2) is 12.0 Å². The third-order valence-electron chi connectivity index (χ3n) is 3.74. The first-order valence-electron chi connectivity index (χ1n) is 7.82. The molecular formula is C15H22N6O3. The highest BCUT2D eigenvalue weighted by Crippen LogP contribution is 2.31. The van der Waals surface area contributed by atoms with Crippen molar-refractivity contribution in [1.82, 2.24) is 14.9 Å². The van der Waals surface area contributed by atoms with E-state index in [2.05, 4.69) is 25.4 Å². The Morgan fingerprint density at radius 3 is 2.79 bits per heavy atom. The summed E-state index contributed by atoms with van der Waals surface area (Å²) in [6.45, 7) is 4.56. The Morgan fingerprint density at radius 1 is 1.38 bits per heavy atom. The number of hydrazone groups is 1. The molecule has 1 saturated heterocycles. The molecule has 2 N–H and O–H groups in total. The van der Waals surface area contributed by atoms with Gasteiger partial charge < -0.3 is 19.2 Å². The fourth-order valence-electron chi connectivity index (χ4n) is 2.50. The van der Waals surface area contributed by atoms with Crippen LogP contribution < -0.4 is 10.3 Å². The van der Waals surface area contributed by atoms with Crippen LogP contribution in [0.5, 0.6) is 0 Å². The number of furan rings is 1. The van der Waals surface area contributed by atoms with E-state index < -0.39 is 6.23 Å². The topological polar surface area (TPSA) is 99.2 Å². The summed E-state index contributed by atoms with van der Waals surface area (Å²) in [4.78, 5) is 12.7. The predicted molar refractivity (Wildman–Crippen MR) is 91.3 cm³/mol. The maximum absolute atomic E-state index is 10.2. The molecule has 2 aromatic rings. The van der Waals surface area contributed by atoms with Gasteiger partial charge in [-0.15, -0.1) is 0 Å². The number of anilines is 2. The summed E-state index contributed by atoms with van der Waals surface area (Å²) in [5.41, 5.74) is 3.20. The molecule has 1 aliphatic rings. The average Bonchev–Trinajstić information content (AvgIpc) is 3.03. The first kappa shape index (κ1) is 16.6. The second-order valence-electron chi connectivity index (χ2n) is 5.67. The maximum Gasteiger partial charge on any atom is 0.248 e. The highest BCUT2D eigenvalue weighted by Gasteiger charge is 2.23. The van der Waals surface area contributed by atoms with E-state index in [9.17, 15) is 5.11 Å². The van der Waals surface area contributed by atoms with Gasteiger partial charge >= 0.3 is 0 Å². The van der Waals surface area contributed by atoms with E-state index in [4.69, 9.17) is 9.15 Å². The highest BCUT2D eigenvalue weighted by molar-refractivity contribution is 5.88. The molecule has 1 aliphatic heterocycles. The molecule has 24 heavy (non-hydrogen) atoms. The minimum Gasteiger partial charge on any atom is -0.438 e. The van der Waals surface area contributed by atoms with Crippen molar-refractivity contribution in [2.75, 3.05) is 50.7 Å². The summed E-state index contributed by atoms with van der Waals surface area (Å²) in [7, 11) is 3.55. The van der Waals surface area contributed by atoms with Crippen molar-refractivity contribution >= 4 is 29.1 Å². The molecule has 0 amide bonds. The van der Waals surface area contributed by atoms with Crippen LogP contribution >= 0.6 is 0 Å². The van der Waals surface area contributed by atoms with Crippen molar-refractivity contribution in [1.29, 1.82) is 0 Å². The molecule has 0 bridgehead atoms. The molecule has 1 fully saturated rings. The summed E-state index contributed by atoms with van der Waals surface area (Å²) < 4.78 is 11.2. The normalized spacial score (nSPS) is 17.1. The Morgan fingerprint density at radius 2 is 2.12 bits per heavy atom. The molecular weight excluding hydrogens is 312 g/mol. The lowest BCUT2D eigenvalue weighted by atomic mass is 10.3. The molecule has 130 valence electrons. The highest BCUT2D eigenvalue weighted by atomic mass is 16.5. The van der Waals surface area contributed by atoms with Crippen LogP contribution in [0.3, 0.4) is 0 Å². The van der Waals surface area contributed by atoms with E-state index in [1.165, 1.54) is 0 Å². The van der Waals surface area contributed by atoms with E-state index in [-0.39, 0.29) is 0 Å². The van der Waals surface area contributed by atoms with E-state index in [1.54, 1.807) is 38.2 Å². The second kappa shape index (κ2) is 7.12. The number of morpholine rings is 1. The number of aliphatic hydroxyl groups excluding tert-OH is 1. The number of aliphatic hydroxyl groups is 1. The van der Waals surface area contributed by atoms with Gasteiger partial charge in [0.25, 0.3) is 0 Å². The van der Waals surface area contributed by atoms with Crippen LogP contribution in [-0.4, -0.2) is 66.6 Å². The number of aromatic nitrogens is 2. The van der Waals surface area contributed by atoms with E-state index >= 15 is 0 Å². The average molecular weight is 334 g/mol. The van der Waals surface area contributed by atoms with Gasteiger partial charge in [-0.2, -0.15) is 15.1 Å². The van der Waals surface area contributed by atoms with Crippen LogP contribution in [-0.2, 0) is 4.74 Å². The zero-order valence-corrected chi connectivity index (χ0v) is 14.1. The van der Waals surface area contributed by atoms with Gasteiger partial charge in [0.05, 0.1) is 18.6 Å². The first-order chi connectivity index (χ1) is 11.6. The fraction of sp³-hybridized carbons (Fsp3) is 0.533. The number of rotatable bonds is 5. The Labute approximate surface area is 139 Å². The van der Waals surface area contributed by atoms with Crippen molar-refractivity contribution in [3.8, 4) is 0 Å². The monoisotopic (exact) mass is 334 g/mol. The van der Waals surface area contributed by atoms with Crippen molar-refractivity contribution in [3.05, 3.63) is 11.8 Å². The smallest absolute Gasteiger partial charge is 0.248 e. The first-order valence-corrected chi connectivity index (χ1v) is 7.82. The van der Waals surface area contributed by atoms with E-state index in [0.717, 1.165) is 24.3 Å². The van der Waals surface area contributed by atoms with Crippen LogP contribution in [0.1, 0.15) is 18.9 Å². The molecule has 0 aromatic carbocycles. The minimum atomic E-state index is -0.846. The van der Waals surface area contributed by atoms with Gasteiger partial charge in [-0.3, -0.25) is 4.90 Å². The molecule has 1 atom stereocenters. The lowest BCUT2D eigenvalue weighted by Gasteiger charge is -2.28. The third kappa shape index (κ3) is 3.32. The Kier molecular flexibility index (Phi) is 4.93. The minimum absolute atomic E-state index is 0.349. The zero-order valence-electron chi connectivity index (χ0n) is 14.1. The number of hydrogen-bond donors (Lipinski definition) is 2. The summed E-state index contributed by atoms with van der Waals surface area (Å²) >= 11 is 0. The number of fused-ring (bicyclic) bond motifs is 1. The fourth-order valence-corrected chi connectivity index (χ4v) is 2.50. The summed E-state index contributed by atoms with van der Waals surface area (Å²) in [6, 6.07) is 1.79. The summed E-state index contributed by atoms with van der Waals surface area (Å²) in [5, 5.41) is 14.9. The largest absolute Gasteiger partial charge is 0.438 e. The van der Waals surface area contributed by atoms with Crippen LogP contribution in [0.4, 0.5) is 11.8 Å². The molecule has 0 saturated carbocycles. The Bertz CT molecular complexity index is 723. The number of nitrogens with one attached hydrogen (secondary N) is 1. The van der Waals surface area contributed by atoms with Crippen molar-refractivity contribution < 1.29 is 14.3 Å². The molecule has 1 unspecified atom stereocenters. The van der Waals surface area contributed by atoms with E-state index in [0.29, 0.717) is 30.6 Å². The lowest BCUT2D eigenvalue weighted by molar-refractivity contribution is 0.0220. The summed E-state index contributed by atoms with van der Waals surface area (Å²) in [6.07, 6.45) is 0.771. The number of nitrogens with zero attached hydrogens (tertiary/aromatic N) is 5. The Balaban J connectivity index is 2.06. The van der Waals surface area contributed by atoms with Gasteiger partial charge in [-0.1, -0.05) is 0 Å². The van der Waals surface area contributed by atoms with Gasteiger partial charge in [-0.25, -0.2) is 5.43 Å². The third-order valence-corrected chi connectivity index (χ3v) is 3.74. The zero-order chi connectivity index (χ0) is 17.1. The van der Waals surface area contributed by atoms with Crippen molar-refractivity contribution in [2.24, 2.45) is 5.10 Å². The summed E-state index contributed by atoms with van der Waals surface area (Å²) in [5.74, 6) is 1.52. The maximum atomic E-state index is 10.2. The molecule has 0 aliphatic carbocycles. The molecule has 9 nitrogen and oxygen atoms in total. The quantitative estimate of drug-likeness (QED) is 0.475. The molecule has 0 radical (unpaired) electrons. The van der Waals surface area contributed by atoms with Gasteiger partial charge in [-0.05, 0) is 27.1 Å². The molecule has 0 spiro atoms. The second-order valence-corrected chi connectivity index (χ2v) is 5.67. The van der Waals surface area contributed by atoms with Crippen molar-refractivity contribution in [3.63, 3.8) is 0 Å². The van der Waals surface area contributed by atoms with Gasteiger partial charge in [0.1, 0.15) is 5.82 Å². The van der Waals surface area contributed by atoms with Crippen LogP contribution in [0, 0.1) is 0 Å². The molecule has 9 heteroatoms.